The standard InChI is InChI=1S/C9H8F4S/c1-5(14)7-3-2-6(10)4-8(7)9(11,12)13/h2-5,14H,1H3. The van der Waals surface area contributed by atoms with Crippen molar-refractivity contribution >= 4 is 12.6 Å². The first-order valence-electron chi connectivity index (χ1n) is 3.87. The highest BCUT2D eigenvalue weighted by atomic mass is 32.1. The van der Waals surface area contributed by atoms with E-state index in [-0.39, 0.29) is 5.56 Å². The molecule has 0 fully saturated rings. The second kappa shape index (κ2) is 3.81. The van der Waals surface area contributed by atoms with Crippen molar-refractivity contribution in [2.45, 2.75) is 18.3 Å². The molecule has 0 spiro atoms. The predicted molar refractivity (Wildman–Crippen MR) is 48.8 cm³/mol. The Morgan fingerprint density at radius 3 is 2.29 bits per heavy atom. The molecule has 0 aromatic heterocycles. The Kier molecular flexibility index (Phi) is 3.09. The number of rotatable bonds is 1. The molecule has 1 unspecified atom stereocenters. The summed E-state index contributed by atoms with van der Waals surface area (Å²) in [4.78, 5) is 0. The van der Waals surface area contributed by atoms with E-state index in [1.54, 1.807) is 0 Å². The number of hydrogen-bond acceptors (Lipinski definition) is 1. The summed E-state index contributed by atoms with van der Waals surface area (Å²) in [6.45, 7) is 1.51. The van der Waals surface area contributed by atoms with Crippen LogP contribution in [-0.4, -0.2) is 0 Å². The van der Waals surface area contributed by atoms with Crippen LogP contribution in [0.3, 0.4) is 0 Å². The van der Waals surface area contributed by atoms with E-state index in [4.69, 9.17) is 0 Å². The third-order valence-corrected chi connectivity index (χ3v) is 2.05. The highest BCUT2D eigenvalue weighted by molar-refractivity contribution is 7.80. The van der Waals surface area contributed by atoms with Crippen LogP contribution >= 0.6 is 12.6 Å². The summed E-state index contributed by atoms with van der Waals surface area (Å²) in [7, 11) is 0. The van der Waals surface area contributed by atoms with Gasteiger partial charge in [0.2, 0.25) is 0 Å². The average molecular weight is 224 g/mol. The lowest BCUT2D eigenvalue weighted by molar-refractivity contribution is -0.138. The lowest BCUT2D eigenvalue weighted by atomic mass is 10.0. The number of halogens is 4. The molecule has 0 aliphatic carbocycles. The summed E-state index contributed by atoms with van der Waals surface area (Å²) >= 11 is 3.90. The Morgan fingerprint density at radius 2 is 1.86 bits per heavy atom. The van der Waals surface area contributed by atoms with Gasteiger partial charge >= 0.3 is 6.18 Å². The molecule has 1 aromatic carbocycles. The minimum Gasteiger partial charge on any atom is -0.207 e. The second-order valence-corrected chi connectivity index (χ2v) is 3.68. The van der Waals surface area contributed by atoms with E-state index >= 15 is 0 Å². The third-order valence-electron chi connectivity index (χ3n) is 1.77. The molecule has 1 atom stereocenters. The lowest BCUT2D eigenvalue weighted by Gasteiger charge is -2.14. The summed E-state index contributed by atoms with van der Waals surface area (Å²) in [6, 6.07) is 2.59. The first kappa shape index (κ1) is 11.4. The van der Waals surface area contributed by atoms with Gasteiger partial charge in [-0.2, -0.15) is 25.8 Å². The van der Waals surface area contributed by atoms with Gasteiger partial charge in [-0.3, -0.25) is 0 Å². The van der Waals surface area contributed by atoms with Crippen molar-refractivity contribution in [3.8, 4) is 0 Å². The predicted octanol–water partition coefficient (Wildman–Crippen LogP) is 3.84. The van der Waals surface area contributed by atoms with Crippen LogP contribution in [0.5, 0.6) is 0 Å². The van der Waals surface area contributed by atoms with Crippen molar-refractivity contribution in [2.24, 2.45) is 0 Å². The lowest BCUT2D eigenvalue weighted by Crippen LogP contribution is -2.10. The quantitative estimate of drug-likeness (QED) is 0.544. The molecule has 0 aliphatic rings. The first-order valence-corrected chi connectivity index (χ1v) is 4.38. The van der Waals surface area contributed by atoms with Crippen LogP contribution in [-0.2, 0) is 6.18 Å². The summed E-state index contributed by atoms with van der Waals surface area (Å²) in [6.07, 6.45) is -4.53. The van der Waals surface area contributed by atoms with E-state index in [9.17, 15) is 17.6 Å². The summed E-state index contributed by atoms with van der Waals surface area (Å²) in [5.41, 5.74) is -0.970. The topological polar surface area (TPSA) is 0 Å². The van der Waals surface area contributed by atoms with Gasteiger partial charge in [0.05, 0.1) is 5.56 Å². The van der Waals surface area contributed by atoms with E-state index < -0.39 is 22.8 Å². The largest absolute Gasteiger partial charge is 0.416 e. The molecule has 0 N–H and O–H groups in total. The zero-order valence-corrected chi connectivity index (χ0v) is 8.16. The van der Waals surface area contributed by atoms with E-state index in [0.29, 0.717) is 6.07 Å². The zero-order chi connectivity index (χ0) is 10.9. The minimum atomic E-state index is -4.53. The van der Waals surface area contributed by atoms with Crippen molar-refractivity contribution in [2.75, 3.05) is 0 Å². The van der Waals surface area contributed by atoms with E-state index in [1.807, 2.05) is 0 Å². The van der Waals surface area contributed by atoms with Crippen LogP contribution in [0.15, 0.2) is 18.2 Å². The fourth-order valence-corrected chi connectivity index (χ4v) is 1.36. The average Bonchev–Trinajstić information content (AvgIpc) is 2.01. The van der Waals surface area contributed by atoms with Gasteiger partial charge in [0.25, 0.3) is 0 Å². The van der Waals surface area contributed by atoms with Crippen molar-refractivity contribution in [1.29, 1.82) is 0 Å². The summed E-state index contributed by atoms with van der Waals surface area (Å²) in [5.74, 6) is -0.893. The van der Waals surface area contributed by atoms with Gasteiger partial charge in [0.15, 0.2) is 0 Å². The maximum absolute atomic E-state index is 12.6. The van der Waals surface area contributed by atoms with Gasteiger partial charge in [-0.05, 0) is 24.6 Å². The maximum atomic E-state index is 12.6. The van der Waals surface area contributed by atoms with Crippen LogP contribution < -0.4 is 0 Å². The Morgan fingerprint density at radius 1 is 1.29 bits per heavy atom. The molecular weight excluding hydrogens is 216 g/mol. The molecule has 14 heavy (non-hydrogen) atoms. The van der Waals surface area contributed by atoms with Crippen molar-refractivity contribution in [3.63, 3.8) is 0 Å². The molecule has 0 saturated heterocycles. The number of alkyl halides is 3. The molecule has 0 saturated carbocycles. The van der Waals surface area contributed by atoms with Gasteiger partial charge in [0.1, 0.15) is 5.82 Å². The van der Waals surface area contributed by atoms with E-state index in [1.165, 1.54) is 6.92 Å². The van der Waals surface area contributed by atoms with Gasteiger partial charge in [0, 0.05) is 5.25 Å². The van der Waals surface area contributed by atoms with E-state index in [0.717, 1.165) is 12.1 Å². The van der Waals surface area contributed by atoms with Crippen LogP contribution in [0.25, 0.3) is 0 Å². The molecule has 0 nitrogen and oxygen atoms in total. The Labute approximate surface area is 84.3 Å². The third kappa shape index (κ3) is 2.41. The molecule has 1 rings (SSSR count). The number of thiol groups is 1. The highest BCUT2D eigenvalue weighted by Gasteiger charge is 2.34. The van der Waals surface area contributed by atoms with Crippen LogP contribution in [0, 0.1) is 5.82 Å². The van der Waals surface area contributed by atoms with Crippen molar-refractivity contribution < 1.29 is 17.6 Å². The fourth-order valence-electron chi connectivity index (χ4n) is 1.14. The molecule has 0 aliphatic heterocycles. The molecule has 78 valence electrons. The molecule has 0 bridgehead atoms. The first-order chi connectivity index (χ1) is 6.32. The molecule has 0 amide bonds. The minimum absolute atomic E-state index is 0.0118. The molecular formula is C9H8F4S. The number of benzene rings is 1. The van der Waals surface area contributed by atoms with Gasteiger partial charge < -0.3 is 0 Å². The molecule has 5 heteroatoms. The van der Waals surface area contributed by atoms with Crippen molar-refractivity contribution in [3.05, 3.63) is 35.1 Å². The van der Waals surface area contributed by atoms with Gasteiger partial charge in [-0.15, -0.1) is 0 Å². The van der Waals surface area contributed by atoms with Crippen molar-refractivity contribution in [1.82, 2.24) is 0 Å². The fraction of sp³-hybridized carbons (Fsp3) is 0.333. The monoisotopic (exact) mass is 224 g/mol. The zero-order valence-electron chi connectivity index (χ0n) is 7.27. The smallest absolute Gasteiger partial charge is 0.207 e. The Balaban J connectivity index is 3.30. The van der Waals surface area contributed by atoms with Crippen LogP contribution in [0.2, 0.25) is 0 Å². The van der Waals surface area contributed by atoms with Gasteiger partial charge in [-0.1, -0.05) is 6.07 Å². The summed E-state index contributed by atoms with van der Waals surface area (Å²) in [5, 5.41) is -0.577. The van der Waals surface area contributed by atoms with E-state index in [2.05, 4.69) is 12.6 Å². The van der Waals surface area contributed by atoms with Crippen LogP contribution in [0.1, 0.15) is 23.3 Å². The second-order valence-electron chi connectivity index (χ2n) is 2.91. The Bertz CT molecular complexity index is 330. The maximum Gasteiger partial charge on any atom is 0.416 e. The number of hydrogen-bond donors (Lipinski definition) is 1. The molecule has 1 aromatic rings. The molecule has 0 radical (unpaired) electrons. The highest BCUT2D eigenvalue weighted by Crippen LogP contribution is 2.36. The Hall–Kier alpha value is -0.710. The normalized spacial score (nSPS) is 14.1. The van der Waals surface area contributed by atoms with Gasteiger partial charge in [-0.25, -0.2) is 4.39 Å². The SMILES string of the molecule is CC(S)c1ccc(F)cc1C(F)(F)F. The molecule has 0 heterocycles. The van der Waals surface area contributed by atoms with Crippen LogP contribution in [0.4, 0.5) is 17.6 Å². The summed E-state index contributed by atoms with van der Waals surface area (Å²) < 4.78 is 49.8.